The average molecular weight is 365 g/mol. The van der Waals surface area contributed by atoms with Crippen LogP contribution < -0.4 is 4.74 Å². The van der Waals surface area contributed by atoms with Gasteiger partial charge in [-0.2, -0.15) is 0 Å². The highest BCUT2D eigenvalue weighted by Gasteiger charge is 2.45. The van der Waals surface area contributed by atoms with Gasteiger partial charge in [0, 0.05) is 36.1 Å². The number of halogens is 1. The van der Waals surface area contributed by atoms with Crippen molar-refractivity contribution < 1.29 is 13.9 Å². The Labute approximate surface area is 156 Å². The van der Waals surface area contributed by atoms with Crippen LogP contribution in [0.2, 0.25) is 0 Å². The summed E-state index contributed by atoms with van der Waals surface area (Å²) in [5, 5.41) is 0.844. The molecule has 1 aliphatic carbocycles. The molecule has 6 heteroatoms. The van der Waals surface area contributed by atoms with Crippen molar-refractivity contribution in [2.75, 3.05) is 13.1 Å². The van der Waals surface area contributed by atoms with Gasteiger partial charge in [0.05, 0.1) is 6.20 Å². The molecule has 2 fully saturated rings. The second-order valence-electron chi connectivity index (χ2n) is 7.47. The lowest BCUT2D eigenvalue weighted by atomic mass is 9.99. The monoisotopic (exact) mass is 365 g/mol. The van der Waals surface area contributed by atoms with Crippen LogP contribution in [-0.2, 0) is 0 Å². The van der Waals surface area contributed by atoms with Gasteiger partial charge in [0.25, 0.3) is 5.91 Å². The number of hydrogen-bond acceptors (Lipinski definition) is 3. The van der Waals surface area contributed by atoms with Crippen LogP contribution in [-0.4, -0.2) is 40.0 Å². The van der Waals surface area contributed by atoms with Gasteiger partial charge in [0.15, 0.2) is 0 Å². The van der Waals surface area contributed by atoms with Crippen molar-refractivity contribution in [3.8, 4) is 5.75 Å². The number of rotatable bonds is 3. The van der Waals surface area contributed by atoms with E-state index in [0.29, 0.717) is 29.6 Å². The molecule has 2 aromatic heterocycles. The Hall–Kier alpha value is -2.89. The number of nitrogens with zero attached hydrogens (tertiary/aromatic N) is 2. The van der Waals surface area contributed by atoms with Gasteiger partial charge >= 0.3 is 0 Å². The number of carbonyl (C=O) groups is 1. The molecule has 0 unspecified atom stereocenters. The Balaban J connectivity index is 1.31. The molecule has 1 aromatic carbocycles. The number of carbonyl (C=O) groups excluding carboxylic acids is 1. The van der Waals surface area contributed by atoms with Crippen LogP contribution in [0.1, 0.15) is 23.3 Å². The van der Waals surface area contributed by atoms with E-state index >= 15 is 0 Å². The predicted molar refractivity (Wildman–Crippen MR) is 99.0 cm³/mol. The zero-order valence-corrected chi connectivity index (χ0v) is 14.8. The highest BCUT2D eigenvalue weighted by atomic mass is 19.1. The summed E-state index contributed by atoms with van der Waals surface area (Å²) in [6, 6.07) is 10.1. The molecular formula is C21H20FN3O2. The normalized spacial score (nSPS) is 24.3. The average Bonchev–Trinajstić information content (AvgIpc) is 3.37. The minimum atomic E-state index is -0.311. The third-order valence-corrected chi connectivity index (χ3v) is 5.82. The SMILES string of the molecule is O=C(c1cc2ccc(F)cc2[nH]1)N1C[C@H]2CC[C@H](Oc3cccnc3)[C@H]2C1. The van der Waals surface area contributed by atoms with Crippen molar-refractivity contribution in [3.63, 3.8) is 0 Å². The molecule has 3 heterocycles. The Bertz CT molecular complexity index is 988. The van der Waals surface area contributed by atoms with Crippen LogP contribution >= 0.6 is 0 Å². The number of benzene rings is 1. The van der Waals surface area contributed by atoms with Gasteiger partial charge in [0.2, 0.25) is 0 Å². The van der Waals surface area contributed by atoms with E-state index in [0.717, 1.165) is 30.5 Å². The van der Waals surface area contributed by atoms with Crippen LogP contribution in [0.5, 0.6) is 5.75 Å². The fraction of sp³-hybridized carbons (Fsp3) is 0.333. The first-order chi connectivity index (χ1) is 13.2. The summed E-state index contributed by atoms with van der Waals surface area (Å²) in [6.45, 7) is 1.44. The Morgan fingerprint density at radius 3 is 3.00 bits per heavy atom. The first-order valence-corrected chi connectivity index (χ1v) is 9.31. The molecule has 1 N–H and O–H groups in total. The molecule has 0 spiro atoms. The van der Waals surface area contributed by atoms with Crippen LogP contribution in [0.15, 0.2) is 48.8 Å². The fourth-order valence-electron chi connectivity index (χ4n) is 4.50. The molecule has 5 nitrogen and oxygen atoms in total. The van der Waals surface area contributed by atoms with E-state index in [2.05, 4.69) is 9.97 Å². The largest absolute Gasteiger partial charge is 0.488 e. The lowest BCUT2D eigenvalue weighted by Crippen LogP contribution is -2.32. The maximum absolute atomic E-state index is 13.4. The fourth-order valence-corrected chi connectivity index (χ4v) is 4.50. The van der Waals surface area contributed by atoms with Crippen molar-refractivity contribution >= 4 is 16.8 Å². The molecular weight excluding hydrogens is 345 g/mol. The number of ether oxygens (including phenoxy) is 1. The number of hydrogen-bond donors (Lipinski definition) is 1. The van der Waals surface area contributed by atoms with Gasteiger partial charge in [-0.25, -0.2) is 4.39 Å². The van der Waals surface area contributed by atoms with Crippen molar-refractivity contribution in [2.24, 2.45) is 11.8 Å². The minimum Gasteiger partial charge on any atom is -0.488 e. The van der Waals surface area contributed by atoms with Crippen molar-refractivity contribution in [1.82, 2.24) is 14.9 Å². The molecule has 1 saturated heterocycles. The molecule has 1 aliphatic heterocycles. The molecule has 1 saturated carbocycles. The second kappa shape index (κ2) is 6.37. The summed E-state index contributed by atoms with van der Waals surface area (Å²) < 4.78 is 19.5. The molecule has 3 atom stereocenters. The lowest BCUT2D eigenvalue weighted by Gasteiger charge is -2.21. The molecule has 0 bridgehead atoms. The smallest absolute Gasteiger partial charge is 0.270 e. The third-order valence-electron chi connectivity index (χ3n) is 5.82. The minimum absolute atomic E-state index is 0.0267. The third kappa shape index (κ3) is 2.95. The van der Waals surface area contributed by atoms with E-state index in [-0.39, 0.29) is 17.8 Å². The summed E-state index contributed by atoms with van der Waals surface area (Å²) in [7, 11) is 0. The van der Waals surface area contributed by atoms with Crippen molar-refractivity contribution in [1.29, 1.82) is 0 Å². The van der Waals surface area contributed by atoms with Gasteiger partial charge in [-0.15, -0.1) is 0 Å². The van der Waals surface area contributed by atoms with E-state index < -0.39 is 0 Å². The summed E-state index contributed by atoms with van der Waals surface area (Å²) in [4.78, 5) is 22.0. The zero-order valence-electron chi connectivity index (χ0n) is 14.8. The standard InChI is InChI=1S/C21H20FN3O2/c22-15-5-3-13-8-19(24-18(13)9-15)21(26)25-11-14-4-6-20(17(14)12-25)27-16-2-1-7-23-10-16/h1-3,5,7-10,14,17,20,24H,4,6,11-12H2/t14-,17+,20+/m1/s1. The molecule has 5 rings (SSSR count). The van der Waals surface area contributed by atoms with Crippen LogP contribution in [0.4, 0.5) is 4.39 Å². The van der Waals surface area contributed by atoms with Crippen LogP contribution in [0.3, 0.4) is 0 Å². The summed E-state index contributed by atoms with van der Waals surface area (Å²) >= 11 is 0. The topological polar surface area (TPSA) is 58.2 Å². The molecule has 1 amide bonds. The molecule has 27 heavy (non-hydrogen) atoms. The lowest BCUT2D eigenvalue weighted by molar-refractivity contribution is 0.0757. The Morgan fingerprint density at radius 1 is 1.22 bits per heavy atom. The zero-order chi connectivity index (χ0) is 18.4. The number of amides is 1. The van der Waals surface area contributed by atoms with E-state index in [1.165, 1.54) is 12.1 Å². The number of nitrogens with one attached hydrogen (secondary N) is 1. The van der Waals surface area contributed by atoms with E-state index in [1.807, 2.05) is 17.0 Å². The summed E-state index contributed by atoms with van der Waals surface area (Å²) in [5.41, 5.74) is 1.16. The maximum Gasteiger partial charge on any atom is 0.270 e. The second-order valence-corrected chi connectivity index (χ2v) is 7.47. The highest BCUT2D eigenvalue weighted by molar-refractivity contribution is 5.98. The first-order valence-electron chi connectivity index (χ1n) is 9.31. The van der Waals surface area contributed by atoms with E-state index in [1.54, 1.807) is 24.5 Å². The van der Waals surface area contributed by atoms with Gasteiger partial charge < -0.3 is 14.6 Å². The number of fused-ring (bicyclic) bond motifs is 2. The van der Waals surface area contributed by atoms with E-state index in [9.17, 15) is 9.18 Å². The number of aromatic nitrogens is 2. The quantitative estimate of drug-likeness (QED) is 0.771. The van der Waals surface area contributed by atoms with Crippen LogP contribution in [0, 0.1) is 17.7 Å². The predicted octanol–water partition coefficient (Wildman–Crippen LogP) is 3.63. The number of likely N-dealkylation sites (tertiary alicyclic amines) is 1. The van der Waals surface area contributed by atoms with Crippen LogP contribution in [0.25, 0.3) is 10.9 Å². The number of aromatic amines is 1. The van der Waals surface area contributed by atoms with Gasteiger partial charge in [0.1, 0.15) is 23.4 Å². The van der Waals surface area contributed by atoms with Gasteiger partial charge in [-0.3, -0.25) is 9.78 Å². The number of pyridine rings is 1. The summed E-state index contributed by atoms with van der Waals surface area (Å²) in [5.74, 6) is 1.26. The van der Waals surface area contributed by atoms with E-state index in [4.69, 9.17) is 4.74 Å². The molecule has 2 aliphatic rings. The van der Waals surface area contributed by atoms with Gasteiger partial charge in [-0.1, -0.05) is 0 Å². The molecule has 138 valence electrons. The Morgan fingerprint density at radius 2 is 2.15 bits per heavy atom. The summed E-state index contributed by atoms with van der Waals surface area (Å²) in [6.07, 6.45) is 5.66. The highest BCUT2D eigenvalue weighted by Crippen LogP contribution is 2.40. The van der Waals surface area contributed by atoms with Gasteiger partial charge in [-0.05, 0) is 55.2 Å². The molecule has 0 radical (unpaired) electrons. The Kier molecular flexibility index (Phi) is 3.85. The first kappa shape index (κ1) is 16.3. The number of H-pyrrole nitrogens is 1. The van der Waals surface area contributed by atoms with Crippen molar-refractivity contribution in [3.05, 3.63) is 60.3 Å². The van der Waals surface area contributed by atoms with Crippen molar-refractivity contribution in [2.45, 2.75) is 18.9 Å². The molecule has 3 aromatic rings. The maximum atomic E-state index is 13.4.